The summed E-state index contributed by atoms with van der Waals surface area (Å²) in [4.78, 5) is 29.0. The Labute approximate surface area is 149 Å². The maximum atomic E-state index is 13.7. The van der Waals surface area contributed by atoms with E-state index in [2.05, 4.69) is 0 Å². The number of likely N-dealkylation sites (tertiary alicyclic amines) is 2. The van der Waals surface area contributed by atoms with Crippen molar-refractivity contribution in [3.8, 4) is 0 Å². The van der Waals surface area contributed by atoms with Crippen LogP contribution in [0.4, 0.5) is 4.39 Å². The van der Waals surface area contributed by atoms with E-state index in [1.54, 1.807) is 24.0 Å². The van der Waals surface area contributed by atoms with E-state index in [0.717, 1.165) is 25.9 Å². The predicted octanol–water partition coefficient (Wildman–Crippen LogP) is 3.39. The minimum absolute atomic E-state index is 0.0249. The van der Waals surface area contributed by atoms with Gasteiger partial charge in [-0.15, -0.1) is 0 Å². The molecule has 3 rings (SSSR count). The van der Waals surface area contributed by atoms with Gasteiger partial charge in [-0.3, -0.25) is 9.59 Å². The molecule has 0 aromatic heterocycles. The average Bonchev–Trinajstić information content (AvgIpc) is 2.92. The van der Waals surface area contributed by atoms with Gasteiger partial charge in [0.25, 0.3) is 5.91 Å². The van der Waals surface area contributed by atoms with Crippen LogP contribution in [0, 0.1) is 18.7 Å². The number of hydrogen-bond acceptors (Lipinski definition) is 2. The predicted molar refractivity (Wildman–Crippen MR) is 94.8 cm³/mol. The van der Waals surface area contributed by atoms with E-state index >= 15 is 0 Å². The summed E-state index contributed by atoms with van der Waals surface area (Å²) in [6.45, 7) is 4.57. The van der Waals surface area contributed by atoms with Crippen LogP contribution in [-0.4, -0.2) is 47.8 Å². The molecule has 5 heteroatoms. The Balaban J connectivity index is 1.56. The van der Waals surface area contributed by atoms with Crippen LogP contribution in [0.2, 0.25) is 0 Å². The van der Waals surface area contributed by atoms with Crippen LogP contribution in [0.5, 0.6) is 0 Å². The molecule has 25 heavy (non-hydrogen) atoms. The van der Waals surface area contributed by atoms with Gasteiger partial charge in [-0.05, 0) is 50.3 Å². The largest absolute Gasteiger partial charge is 0.342 e. The smallest absolute Gasteiger partial charge is 0.253 e. The number of piperidine rings is 1. The molecule has 0 saturated carbocycles. The molecule has 2 saturated heterocycles. The highest BCUT2D eigenvalue weighted by Gasteiger charge is 2.30. The Morgan fingerprint density at radius 2 is 1.60 bits per heavy atom. The molecule has 0 aliphatic carbocycles. The zero-order valence-corrected chi connectivity index (χ0v) is 15.0. The van der Waals surface area contributed by atoms with Crippen molar-refractivity contribution in [2.45, 2.75) is 45.4 Å². The lowest BCUT2D eigenvalue weighted by Crippen LogP contribution is -2.44. The highest BCUT2D eigenvalue weighted by atomic mass is 19.1. The Kier molecular flexibility index (Phi) is 5.71. The summed E-state index contributed by atoms with van der Waals surface area (Å²) in [5, 5.41) is 0. The van der Waals surface area contributed by atoms with Crippen LogP contribution in [0.1, 0.15) is 54.4 Å². The van der Waals surface area contributed by atoms with Crippen molar-refractivity contribution in [1.82, 2.24) is 9.80 Å². The molecule has 4 nitrogen and oxygen atoms in total. The van der Waals surface area contributed by atoms with E-state index in [1.165, 1.54) is 18.9 Å². The molecular formula is C20H27FN2O2. The van der Waals surface area contributed by atoms with Crippen molar-refractivity contribution in [3.05, 3.63) is 35.1 Å². The summed E-state index contributed by atoms with van der Waals surface area (Å²) in [5.74, 6) is -0.205. The van der Waals surface area contributed by atoms with E-state index in [4.69, 9.17) is 0 Å². The van der Waals surface area contributed by atoms with Gasteiger partial charge in [0, 0.05) is 37.7 Å². The first-order valence-electron chi connectivity index (χ1n) is 9.40. The van der Waals surface area contributed by atoms with Gasteiger partial charge in [0.1, 0.15) is 5.82 Å². The summed E-state index contributed by atoms with van der Waals surface area (Å²) in [7, 11) is 0. The number of carbonyl (C=O) groups excluding carboxylic acids is 2. The van der Waals surface area contributed by atoms with Gasteiger partial charge < -0.3 is 9.80 Å². The number of rotatable bonds is 2. The van der Waals surface area contributed by atoms with Crippen LogP contribution in [0.15, 0.2) is 18.2 Å². The lowest BCUT2D eigenvalue weighted by Gasteiger charge is -2.34. The van der Waals surface area contributed by atoms with Crippen LogP contribution in [0.25, 0.3) is 0 Å². The Bertz CT molecular complexity index is 631. The molecule has 2 aliphatic heterocycles. The summed E-state index contributed by atoms with van der Waals surface area (Å²) in [5.41, 5.74) is 0.929. The summed E-state index contributed by atoms with van der Waals surface area (Å²) in [6, 6.07) is 4.62. The summed E-state index contributed by atoms with van der Waals surface area (Å²) >= 11 is 0. The van der Waals surface area contributed by atoms with Crippen molar-refractivity contribution in [2.75, 3.05) is 26.2 Å². The highest BCUT2D eigenvalue weighted by Crippen LogP contribution is 2.23. The normalized spacial score (nSPS) is 19.6. The third-order valence-electron chi connectivity index (χ3n) is 5.47. The Morgan fingerprint density at radius 1 is 0.960 bits per heavy atom. The molecular weight excluding hydrogens is 319 g/mol. The minimum atomic E-state index is -0.350. The maximum Gasteiger partial charge on any atom is 0.253 e. The second-order valence-corrected chi connectivity index (χ2v) is 7.27. The second-order valence-electron chi connectivity index (χ2n) is 7.27. The minimum Gasteiger partial charge on any atom is -0.342 e. The van der Waals surface area contributed by atoms with Gasteiger partial charge in [-0.25, -0.2) is 4.39 Å². The Hall–Kier alpha value is -1.91. The van der Waals surface area contributed by atoms with E-state index in [1.807, 2.05) is 4.90 Å². The van der Waals surface area contributed by atoms with Crippen molar-refractivity contribution < 1.29 is 14.0 Å². The molecule has 0 N–H and O–H groups in total. The summed E-state index contributed by atoms with van der Waals surface area (Å²) < 4.78 is 13.7. The van der Waals surface area contributed by atoms with E-state index < -0.39 is 0 Å². The number of aryl methyl sites for hydroxylation is 1. The van der Waals surface area contributed by atoms with Gasteiger partial charge in [0.15, 0.2) is 0 Å². The quantitative estimate of drug-likeness (QED) is 0.824. The highest BCUT2D eigenvalue weighted by molar-refractivity contribution is 5.94. The first-order chi connectivity index (χ1) is 12.1. The number of amides is 2. The molecule has 2 heterocycles. The fourth-order valence-corrected chi connectivity index (χ4v) is 3.79. The van der Waals surface area contributed by atoms with Crippen LogP contribution in [-0.2, 0) is 4.79 Å². The topological polar surface area (TPSA) is 40.6 Å². The molecule has 2 aliphatic rings. The number of hydrogen-bond donors (Lipinski definition) is 0. The van der Waals surface area contributed by atoms with Crippen molar-refractivity contribution in [2.24, 2.45) is 5.92 Å². The molecule has 0 atom stereocenters. The van der Waals surface area contributed by atoms with Crippen molar-refractivity contribution in [1.29, 1.82) is 0 Å². The van der Waals surface area contributed by atoms with Crippen molar-refractivity contribution >= 4 is 11.8 Å². The van der Waals surface area contributed by atoms with Crippen LogP contribution < -0.4 is 0 Å². The van der Waals surface area contributed by atoms with Gasteiger partial charge >= 0.3 is 0 Å². The first kappa shape index (κ1) is 17.9. The molecule has 0 unspecified atom stereocenters. The van der Waals surface area contributed by atoms with E-state index in [0.29, 0.717) is 37.1 Å². The third-order valence-corrected chi connectivity index (χ3v) is 5.47. The first-order valence-corrected chi connectivity index (χ1v) is 9.40. The van der Waals surface area contributed by atoms with E-state index in [-0.39, 0.29) is 23.5 Å². The number of halogens is 1. The fraction of sp³-hybridized carbons (Fsp3) is 0.600. The molecule has 1 aromatic carbocycles. The van der Waals surface area contributed by atoms with Gasteiger partial charge in [-0.1, -0.05) is 18.9 Å². The fourth-order valence-electron chi connectivity index (χ4n) is 3.79. The molecule has 2 fully saturated rings. The monoisotopic (exact) mass is 346 g/mol. The van der Waals surface area contributed by atoms with Gasteiger partial charge in [0.2, 0.25) is 5.91 Å². The average molecular weight is 346 g/mol. The molecule has 0 radical (unpaired) electrons. The summed E-state index contributed by atoms with van der Waals surface area (Å²) in [6.07, 6.45) is 6.03. The lowest BCUT2D eigenvalue weighted by atomic mass is 9.94. The molecule has 136 valence electrons. The standard InChI is InChI=1S/C20H27FN2O2/c1-15-6-7-17(14-18(15)21)20(25)23-12-8-16(9-13-23)19(24)22-10-4-2-3-5-11-22/h6-7,14,16H,2-5,8-13H2,1H3. The van der Waals surface area contributed by atoms with E-state index in [9.17, 15) is 14.0 Å². The van der Waals surface area contributed by atoms with Crippen LogP contribution in [0.3, 0.4) is 0 Å². The SMILES string of the molecule is Cc1ccc(C(=O)N2CCC(C(=O)N3CCCCCC3)CC2)cc1F. The number of nitrogens with zero attached hydrogens (tertiary/aromatic N) is 2. The van der Waals surface area contributed by atoms with Gasteiger partial charge in [0.05, 0.1) is 0 Å². The second kappa shape index (κ2) is 7.98. The Morgan fingerprint density at radius 3 is 2.20 bits per heavy atom. The molecule has 0 bridgehead atoms. The van der Waals surface area contributed by atoms with Gasteiger partial charge in [-0.2, -0.15) is 0 Å². The third kappa shape index (κ3) is 4.20. The lowest BCUT2D eigenvalue weighted by molar-refractivity contribution is -0.136. The molecule has 1 aromatic rings. The van der Waals surface area contributed by atoms with Crippen LogP contribution >= 0.6 is 0 Å². The zero-order chi connectivity index (χ0) is 17.8. The maximum absolute atomic E-state index is 13.7. The molecule has 0 spiro atoms. The zero-order valence-electron chi connectivity index (χ0n) is 15.0. The number of benzene rings is 1. The molecule has 2 amide bonds. The van der Waals surface area contributed by atoms with Crippen molar-refractivity contribution in [3.63, 3.8) is 0 Å². The number of carbonyl (C=O) groups is 2.